The monoisotopic (exact) mass is 408 g/mol. The van der Waals surface area contributed by atoms with Crippen LogP contribution in [0.5, 0.6) is 0 Å². The summed E-state index contributed by atoms with van der Waals surface area (Å²) in [5.74, 6) is -0.541. The predicted octanol–water partition coefficient (Wildman–Crippen LogP) is 3.90. The molecule has 1 heterocycles. The first-order valence-electron chi connectivity index (χ1n) is 9.74. The first kappa shape index (κ1) is 19.8. The summed E-state index contributed by atoms with van der Waals surface area (Å²) in [4.78, 5) is 13.6. The molecule has 0 saturated heterocycles. The molecule has 1 atom stereocenters. The molecule has 6 heteroatoms. The zero-order valence-corrected chi connectivity index (χ0v) is 16.9. The van der Waals surface area contributed by atoms with E-state index in [1.807, 2.05) is 6.07 Å². The maximum atomic E-state index is 11.2. The van der Waals surface area contributed by atoms with E-state index in [4.69, 9.17) is 5.21 Å². The smallest absolute Gasteiger partial charge is 0.267 e. The van der Waals surface area contributed by atoms with Crippen LogP contribution in [0, 0.1) is 0 Å². The molecule has 3 N–H and O–H groups in total. The Morgan fingerprint density at radius 2 is 2.14 bits per heavy atom. The Bertz CT molecular complexity index is 1040. The van der Waals surface area contributed by atoms with E-state index in [1.54, 1.807) is 22.9 Å². The maximum absolute atomic E-state index is 11.2. The standard InChI is InChI=1S/C23H24N2O3S/c26-12-11-25(14-18-15-29-22-4-2-1-3-20(18)22)21-9-7-17-13-16(5-8-19(17)21)6-10-23(27)24-28/h1-6,8,10,13,15,21,26,28H,7,9,11-12,14H2,(H,24,27)/b10-6+. The van der Waals surface area contributed by atoms with Crippen LogP contribution >= 0.6 is 11.3 Å². The molecule has 150 valence electrons. The summed E-state index contributed by atoms with van der Waals surface area (Å²) >= 11 is 1.77. The molecule has 5 nitrogen and oxygen atoms in total. The van der Waals surface area contributed by atoms with E-state index < -0.39 is 5.91 Å². The Morgan fingerprint density at radius 1 is 1.28 bits per heavy atom. The number of aryl methyl sites for hydroxylation is 1. The van der Waals surface area contributed by atoms with Crippen LogP contribution in [0.4, 0.5) is 0 Å². The van der Waals surface area contributed by atoms with Gasteiger partial charge in [0, 0.05) is 29.9 Å². The number of aliphatic hydroxyl groups excluding tert-OH is 1. The SMILES string of the molecule is O=C(/C=C/c1ccc2c(c1)CCC2N(CCO)Cc1csc2ccccc12)NO. The molecular weight excluding hydrogens is 384 g/mol. The van der Waals surface area contributed by atoms with Crippen molar-refractivity contribution >= 4 is 33.4 Å². The first-order valence-corrected chi connectivity index (χ1v) is 10.6. The minimum atomic E-state index is -0.541. The van der Waals surface area contributed by atoms with Crippen molar-refractivity contribution in [1.82, 2.24) is 10.4 Å². The van der Waals surface area contributed by atoms with E-state index in [1.165, 1.54) is 32.9 Å². The van der Waals surface area contributed by atoms with Gasteiger partial charge in [-0.2, -0.15) is 0 Å². The molecule has 1 amide bonds. The molecule has 1 aliphatic carbocycles. The summed E-state index contributed by atoms with van der Waals surface area (Å²) < 4.78 is 1.29. The Kier molecular flexibility index (Phi) is 6.06. The van der Waals surface area contributed by atoms with Gasteiger partial charge >= 0.3 is 0 Å². The zero-order valence-electron chi connectivity index (χ0n) is 16.0. The molecule has 29 heavy (non-hydrogen) atoms. The fraction of sp³-hybridized carbons (Fsp3) is 0.261. The second kappa shape index (κ2) is 8.88. The molecule has 0 spiro atoms. The molecule has 0 fully saturated rings. The van der Waals surface area contributed by atoms with Crippen LogP contribution in [0.3, 0.4) is 0 Å². The van der Waals surface area contributed by atoms with Gasteiger partial charge in [0.15, 0.2) is 0 Å². The molecule has 4 rings (SSSR count). The Balaban J connectivity index is 1.57. The Hall–Kier alpha value is -2.51. The largest absolute Gasteiger partial charge is 0.395 e. The van der Waals surface area contributed by atoms with Crippen molar-refractivity contribution in [2.75, 3.05) is 13.2 Å². The van der Waals surface area contributed by atoms with Crippen LogP contribution in [0.1, 0.15) is 34.7 Å². The summed E-state index contributed by atoms with van der Waals surface area (Å²) in [7, 11) is 0. The molecule has 0 radical (unpaired) electrons. The molecular formula is C23H24N2O3S. The number of benzene rings is 2. The number of nitrogens with one attached hydrogen (secondary N) is 1. The second-order valence-corrected chi connectivity index (χ2v) is 8.18. The highest BCUT2D eigenvalue weighted by molar-refractivity contribution is 7.17. The molecule has 3 aromatic rings. The van der Waals surface area contributed by atoms with Gasteiger partial charge in [0.25, 0.3) is 5.91 Å². The van der Waals surface area contributed by atoms with E-state index in [2.05, 4.69) is 46.7 Å². The van der Waals surface area contributed by atoms with Crippen LogP contribution in [-0.4, -0.2) is 34.3 Å². The summed E-state index contributed by atoms with van der Waals surface area (Å²) in [5, 5.41) is 21.8. The van der Waals surface area contributed by atoms with Crippen molar-refractivity contribution in [3.63, 3.8) is 0 Å². The van der Waals surface area contributed by atoms with Gasteiger partial charge in [-0.1, -0.05) is 36.4 Å². The summed E-state index contributed by atoms with van der Waals surface area (Å²) in [6, 6.07) is 15.0. The lowest BCUT2D eigenvalue weighted by Gasteiger charge is -2.29. The third-order valence-electron chi connectivity index (χ3n) is 5.51. The molecule has 0 bridgehead atoms. The van der Waals surface area contributed by atoms with E-state index in [0.29, 0.717) is 6.54 Å². The number of amides is 1. The van der Waals surface area contributed by atoms with Crippen molar-refractivity contribution < 1.29 is 15.1 Å². The van der Waals surface area contributed by atoms with Crippen molar-refractivity contribution in [3.05, 3.63) is 76.2 Å². The fourth-order valence-electron chi connectivity index (χ4n) is 4.15. The number of thiophene rings is 1. The van der Waals surface area contributed by atoms with Crippen LogP contribution in [-0.2, 0) is 17.8 Å². The number of hydrogen-bond donors (Lipinski definition) is 3. The molecule has 0 aliphatic heterocycles. The number of hydrogen-bond acceptors (Lipinski definition) is 5. The first-order chi connectivity index (χ1) is 14.2. The zero-order chi connectivity index (χ0) is 20.2. The number of fused-ring (bicyclic) bond motifs is 2. The van der Waals surface area contributed by atoms with Gasteiger partial charge in [-0.25, -0.2) is 5.48 Å². The van der Waals surface area contributed by atoms with Gasteiger partial charge in [0.1, 0.15) is 0 Å². The van der Waals surface area contributed by atoms with Crippen molar-refractivity contribution in [1.29, 1.82) is 0 Å². The van der Waals surface area contributed by atoms with Gasteiger partial charge in [0.05, 0.1) is 6.61 Å². The Morgan fingerprint density at radius 3 is 2.97 bits per heavy atom. The van der Waals surface area contributed by atoms with Crippen LogP contribution in [0.25, 0.3) is 16.2 Å². The number of nitrogens with zero attached hydrogens (tertiary/aromatic N) is 1. The predicted molar refractivity (Wildman–Crippen MR) is 116 cm³/mol. The van der Waals surface area contributed by atoms with Crippen LogP contribution < -0.4 is 5.48 Å². The quantitative estimate of drug-likeness (QED) is 0.315. The maximum Gasteiger partial charge on any atom is 0.267 e. The van der Waals surface area contributed by atoms with Gasteiger partial charge in [-0.05, 0) is 58.0 Å². The highest BCUT2D eigenvalue weighted by atomic mass is 32.1. The van der Waals surface area contributed by atoms with Crippen molar-refractivity contribution in [2.24, 2.45) is 0 Å². The summed E-state index contributed by atoms with van der Waals surface area (Å²) in [5.41, 5.74) is 6.42. The normalized spacial score (nSPS) is 16.0. The van der Waals surface area contributed by atoms with E-state index >= 15 is 0 Å². The number of carbonyl (C=O) groups excluding carboxylic acids is 1. The van der Waals surface area contributed by atoms with Gasteiger partial charge in [-0.3, -0.25) is 14.9 Å². The number of hydroxylamine groups is 1. The Labute approximate surface area is 173 Å². The third kappa shape index (κ3) is 4.26. The van der Waals surface area contributed by atoms with Gasteiger partial charge < -0.3 is 5.11 Å². The minimum absolute atomic E-state index is 0.130. The van der Waals surface area contributed by atoms with Gasteiger partial charge in [0.2, 0.25) is 0 Å². The lowest BCUT2D eigenvalue weighted by atomic mass is 10.0. The van der Waals surface area contributed by atoms with E-state index in [-0.39, 0.29) is 12.6 Å². The number of aliphatic hydroxyl groups is 1. The molecule has 1 aromatic heterocycles. The number of rotatable bonds is 7. The van der Waals surface area contributed by atoms with Crippen LogP contribution in [0.15, 0.2) is 53.9 Å². The van der Waals surface area contributed by atoms with Gasteiger partial charge in [-0.15, -0.1) is 11.3 Å². The topological polar surface area (TPSA) is 72.8 Å². The highest BCUT2D eigenvalue weighted by Gasteiger charge is 2.28. The second-order valence-electron chi connectivity index (χ2n) is 7.27. The average molecular weight is 409 g/mol. The minimum Gasteiger partial charge on any atom is -0.395 e. The summed E-state index contributed by atoms with van der Waals surface area (Å²) in [6.45, 7) is 1.57. The molecule has 1 aliphatic rings. The van der Waals surface area contributed by atoms with Crippen molar-refractivity contribution in [2.45, 2.75) is 25.4 Å². The van der Waals surface area contributed by atoms with E-state index in [0.717, 1.165) is 24.9 Å². The third-order valence-corrected chi connectivity index (χ3v) is 6.53. The fourth-order valence-corrected chi connectivity index (χ4v) is 5.11. The molecule has 2 aromatic carbocycles. The van der Waals surface area contributed by atoms with E-state index in [9.17, 15) is 9.90 Å². The van der Waals surface area contributed by atoms with Crippen molar-refractivity contribution in [3.8, 4) is 0 Å². The summed E-state index contributed by atoms with van der Waals surface area (Å²) in [6.07, 6.45) is 5.00. The lowest BCUT2D eigenvalue weighted by Crippen LogP contribution is -2.30. The lowest BCUT2D eigenvalue weighted by molar-refractivity contribution is -0.124. The highest BCUT2D eigenvalue weighted by Crippen LogP contribution is 2.38. The molecule has 0 saturated carbocycles. The average Bonchev–Trinajstić information content (AvgIpc) is 3.35. The molecule has 1 unspecified atom stereocenters. The van der Waals surface area contributed by atoms with Crippen LogP contribution in [0.2, 0.25) is 0 Å². The number of carbonyl (C=O) groups is 1.